The van der Waals surface area contributed by atoms with Gasteiger partial charge in [0.1, 0.15) is 0 Å². The van der Waals surface area contributed by atoms with Crippen LogP contribution in [0.1, 0.15) is 25.3 Å². The highest BCUT2D eigenvalue weighted by Gasteiger charge is 2.31. The lowest BCUT2D eigenvalue weighted by Gasteiger charge is -2.10. The highest BCUT2D eigenvalue weighted by Crippen LogP contribution is 2.30. The number of sulfonamides is 1. The summed E-state index contributed by atoms with van der Waals surface area (Å²) in [6.45, 7) is 3.82. The van der Waals surface area contributed by atoms with E-state index in [2.05, 4.69) is 15.4 Å². The largest absolute Gasteiger partial charge is 0.416 e. The number of nitrogens with one attached hydrogen (secondary N) is 3. The summed E-state index contributed by atoms with van der Waals surface area (Å²) in [7, 11) is -4.06. The zero-order valence-corrected chi connectivity index (χ0v) is 15.9. The van der Waals surface area contributed by atoms with Crippen LogP contribution in [0.5, 0.6) is 0 Å². The molecule has 0 aliphatic heterocycles. The number of likely N-dealkylation sites (N-methyl/N-ethyl adjacent to an activating group) is 1. The predicted octanol–water partition coefficient (Wildman–Crippen LogP) is 1.91. The number of benzene rings is 1. The lowest BCUT2D eigenvalue weighted by Crippen LogP contribution is -2.32. The van der Waals surface area contributed by atoms with Gasteiger partial charge in [0.25, 0.3) is 0 Å². The van der Waals surface area contributed by atoms with Gasteiger partial charge < -0.3 is 10.6 Å². The summed E-state index contributed by atoms with van der Waals surface area (Å²) in [5.41, 5.74) is -1.03. The van der Waals surface area contributed by atoms with Gasteiger partial charge in [-0.1, -0.05) is 13.0 Å². The molecule has 0 aromatic heterocycles. The first kappa shape index (κ1) is 24.6. The first-order valence-electron chi connectivity index (χ1n) is 7.81. The van der Waals surface area contributed by atoms with Crippen LogP contribution < -0.4 is 15.4 Å². The highest BCUT2D eigenvalue weighted by atomic mass is 35.5. The molecule has 6 nitrogen and oxygen atoms in total. The lowest BCUT2D eigenvalue weighted by molar-refractivity contribution is -0.137. The second kappa shape index (κ2) is 11.4. The maximum Gasteiger partial charge on any atom is 0.416 e. The first-order chi connectivity index (χ1) is 11.7. The van der Waals surface area contributed by atoms with Gasteiger partial charge in [-0.2, -0.15) is 13.2 Å². The maximum absolute atomic E-state index is 12.6. The van der Waals surface area contributed by atoms with Crippen LogP contribution in [0.3, 0.4) is 0 Å². The van der Waals surface area contributed by atoms with E-state index in [9.17, 15) is 26.4 Å². The summed E-state index contributed by atoms with van der Waals surface area (Å²) in [4.78, 5) is 11.1. The van der Waals surface area contributed by atoms with Crippen molar-refractivity contribution < 1.29 is 26.4 Å². The minimum atomic E-state index is -4.61. The van der Waals surface area contributed by atoms with Crippen molar-refractivity contribution >= 4 is 28.3 Å². The van der Waals surface area contributed by atoms with Gasteiger partial charge in [-0.05, 0) is 31.2 Å². The number of carbonyl (C=O) groups excluding carboxylic acids is 1. The van der Waals surface area contributed by atoms with Crippen LogP contribution in [-0.2, 0) is 21.0 Å². The zero-order valence-electron chi connectivity index (χ0n) is 14.2. The van der Waals surface area contributed by atoms with Crippen molar-refractivity contribution in [1.29, 1.82) is 0 Å². The number of carbonyl (C=O) groups is 1. The van der Waals surface area contributed by atoms with Crippen molar-refractivity contribution in [3.63, 3.8) is 0 Å². The second-order valence-electron chi connectivity index (χ2n) is 5.23. The van der Waals surface area contributed by atoms with E-state index in [1.54, 1.807) is 0 Å². The van der Waals surface area contributed by atoms with E-state index in [1.807, 2.05) is 6.92 Å². The Kier molecular flexibility index (Phi) is 10.8. The third-order valence-corrected chi connectivity index (χ3v) is 4.68. The van der Waals surface area contributed by atoms with Crippen molar-refractivity contribution in [2.45, 2.75) is 30.8 Å². The summed E-state index contributed by atoms with van der Waals surface area (Å²) in [6.07, 6.45) is -4.25. The monoisotopic (exact) mass is 417 g/mol. The van der Waals surface area contributed by atoms with Crippen molar-refractivity contribution in [3.8, 4) is 0 Å². The molecule has 1 rings (SSSR count). The average molecular weight is 418 g/mol. The molecule has 3 N–H and O–H groups in total. The van der Waals surface area contributed by atoms with Crippen LogP contribution in [0.4, 0.5) is 13.2 Å². The molecule has 1 amide bonds. The van der Waals surface area contributed by atoms with E-state index in [1.165, 1.54) is 0 Å². The van der Waals surface area contributed by atoms with Crippen LogP contribution in [0.2, 0.25) is 0 Å². The number of amides is 1. The smallest absolute Gasteiger partial charge is 0.355 e. The van der Waals surface area contributed by atoms with E-state index < -0.39 is 26.7 Å². The van der Waals surface area contributed by atoms with Crippen LogP contribution in [0.25, 0.3) is 0 Å². The van der Waals surface area contributed by atoms with Crippen LogP contribution in [0, 0.1) is 0 Å². The number of rotatable bonds is 10. The number of halogens is 4. The summed E-state index contributed by atoms with van der Waals surface area (Å²) in [6, 6.07) is 3.51. The molecule has 0 atom stereocenters. The third-order valence-electron chi connectivity index (χ3n) is 3.22. The van der Waals surface area contributed by atoms with Gasteiger partial charge in [-0.3, -0.25) is 4.79 Å². The second-order valence-corrected chi connectivity index (χ2v) is 7.00. The van der Waals surface area contributed by atoms with E-state index in [0.29, 0.717) is 19.2 Å². The lowest BCUT2D eigenvalue weighted by atomic mass is 10.2. The Morgan fingerprint density at radius 1 is 1.15 bits per heavy atom. The molecular formula is C15H23ClF3N3O3S. The fourth-order valence-corrected chi connectivity index (χ4v) is 3.05. The molecule has 1 aromatic carbocycles. The maximum atomic E-state index is 12.6. The Bertz CT molecular complexity index is 670. The summed E-state index contributed by atoms with van der Waals surface area (Å²) in [5.74, 6) is -0.212. The van der Waals surface area contributed by atoms with Gasteiger partial charge in [-0.15, -0.1) is 12.4 Å². The Morgan fingerprint density at radius 3 is 2.46 bits per heavy atom. The standard InChI is InChI=1S/C15H22F3N3O3S.ClH/c1-2-19-9-10-20-14(22)7-4-8-21-25(23,24)13-6-3-5-12(11-13)15(16,17)18;/h3,5-6,11,19,21H,2,4,7-10H2,1H3,(H,20,22);1H. The van der Waals surface area contributed by atoms with Crippen LogP contribution in [-0.4, -0.2) is 40.5 Å². The van der Waals surface area contributed by atoms with E-state index in [4.69, 9.17) is 0 Å². The Labute approximate surface area is 157 Å². The number of hydrogen-bond donors (Lipinski definition) is 3. The Morgan fingerprint density at radius 2 is 1.85 bits per heavy atom. The molecule has 150 valence electrons. The summed E-state index contributed by atoms with van der Waals surface area (Å²) in [5, 5.41) is 5.70. The number of alkyl halides is 3. The molecule has 0 aliphatic rings. The summed E-state index contributed by atoms with van der Waals surface area (Å²) < 4.78 is 64.1. The zero-order chi connectivity index (χ0) is 18.9. The van der Waals surface area contributed by atoms with Crippen molar-refractivity contribution in [2.75, 3.05) is 26.2 Å². The van der Waals surface area contributed by atoms with Crippen molar-refractivity contribution in [1.82, 2.24) is 15.4 Å². The minimum absolute atomic E-state index is 0. The molecule has 1 aromatic rings. The SMILES string of the molecule is CCNCCNC(=O)CCCNS(=O)(=O)c1cccc(C(F)(F)F)c1.Cl. The Balaban J connectivity index is 0.00000625. The highest BCUT2D eigenvalue weighted by molar-refractivity contribution is 7.89. The molecule has 0 spiro atoms. The van der Waals surface area contributed by atoms with Gasteiger partial charge in [0, 0.05) is 26.1 Å². The van der Waals surface area contributed by atoms with E-state index >= 15 is 0 Å². The molecule has 0 heterocycles. The van der Waals surface area contributed by atoms with Gasteiger partial charge in [0.05, 0.1) is 10.5 Å². The Hall–Kier alpha value is -1.36. The molecule has 0 radical (unpaired) electrons. The molecule has 0 saturated heterocycles. The first-order valence-corrected chi connectivity index (χ1v) is 9.29. The summed E-state index contributed by atoms with van der Waals surface area (Å²) >= 11 is 0. The minimum Gasteiger partial charge on any atom is -0.355 e. The molecule has 11 heteroatoms. The molecule has 0 aliphatic carbocycles. The fourth-order valence-electron chi connectivity index (χ4n) is 1.93. The quantitative estimate of drug-likeness (QED) is 0.507. The van der Waals surface area contributed by atoms with E-state index in [-0.39, 0.29) is 37.7 Å². The van der Waals surface area contributed by atoms with Gasteiger partial charge in [0.2, 0.25) is 15.9 Å². The fraction of sp³-hybridized carbons (Fsp3) is 0.533. The predicted molar refractivity (Wildman–Crippen MR) is 94.7 cm³/mol. The van der Waals surface area contributed by atoms with Crippen LogP contribution in [0.15, 0.2) is 29.2 Å². The van der Waals surface area contributed by atoms with Gasteiger partial charge in [-0.25, -0.2) is 13.1 Å². The molecule has 26 heavy (non-hydrogen) atoms. The van der Waals surface area contributed by atoms with E-state index in [0.717, 1.165) is 24.7 Å². The molecule has 0 unspecified atom stereocenters. The molecule has 0 saturated carbocycles. The van der Waals surface area contributed by atoms with Crippen molar-refractivity contribution in [3.05, 3.63) is 29.8 Å². The van der Waals surface area contributed by atoms with Gasteiger partial charge in [0.15, 0.2) is 0 Å². The molecule has 0 bridgehead atoms. The molecule has 0 fully saturated rings. The average Bonchev–Trinajstić information content (AvgIpc) is 2.55. The normalized spacial score (nSPS) is 11.7. The molecular weight excluding hydrogens is 395 g/mol. The topological polar surface area (TPSA) is 87.3 Å². The van der Waals surface area contributed by atoms with Crippen molar-refractivity contribution in [2.24, 2.45) is 0 Å². The number of hydrogen-bond acceptors (Lipinski definition) is 4. The third kappa shape index (κ3) is 8.84. The van der Waals surface area contributed by atoms with Gasteiger partial charge >= 0.3 is 6.18 Å². The van der Waals surface area contributed by atoms with Crippen LogP contribution >= 0.6 is 12.4 Å².